The third-order valence-electron chi connectivity index (χ3n) is 5.14. The number of carbonyl (C=O) groups is 2. The third-order valence-corrected chi connectivity index (χ3v) is 5.14. The highest BCUT2D eigenvalue weighted by Gasteiger charge is 2.16. The highest BCUT2D eigenvalue weighted by Crippen LogP contribution is 2.17. The number of rotatable bonds is 6. The molecule has 2 aromatic carbocycles. The first-order valence-corrected chi connectivity index (χ1v) is 9.95. The summed E-state index contributed by atoms with van der Waals surface area (Å²) < 4.78 is 0. The Morgan fingerprint density at radius 3 is 2.00 bits per heavy atom. The van der Waals surface area contributed by atoms with E-state index < -0.39 is 0 Å². The van der Waals surface area contributed by atoms with Gasteiger partial charge in [-0.25, -0.2) is 0 Å². The second-order valence-electron chi connectivity index (χ2n) is 7.23. The Bertz CT molecular complexity index is 733. The zero-order chi connectivity index (χ0) is 18.9. The standard InChI is InChI=1S/C23H28N2O2/c26-22(24-17-16-18-8-4-3-5-9-18)19-12-14-20(15-13-19)23(27)25-21-10-6-1-2-7-11-21/h3-5,8-9,12-15,21H,1-2,6-7,10-11,16-17H2,(H,24,26)(H,25,27). The van der Waals surface area contributed by atoms with Crippen LogP contribution in [0.1, 0.15) is 64.8 Å². The molecule has 1 saturated carbocycles. The van der Waals surface area contributed by atoms with E-state index in [1.165, 1.54) is 31.2 Å². The minimum atomic E-state index is -0.110. The van der Waals surface area contributed by atoms with Crippen LogP contribution >= 0.6 is 0 Å². The summed E-state index contributed by atoms with van der Waals surface area (Å²) in [4.78, 5) is 24.7. The second kappa shape index (κ2) is 9.91. The monoisotopic (exact) mass is 364 g/mol. The van der Waals surface area contributed by atoms with Crippen LogP contribution in [0.15, 0.2) is 54.6 Å². The van der Waals surface area contributed by atoms with Crippen molar-refractivity contribution in [2.75, 3.05) is 6.54 Å². The molecule has 27 heavy (non-hydrogen) atoms. The molecule has 0 unspecified atom stereocenters. The largest absolute Gasteiger partial charge is 0.352 e. The minimum absolute atomic E-state index is 0.0436. The maximum atomic E-state index is 12.4. The van der Waals surface area contributed by atoms with E-state index in [0.29, 0.717) is 17.7 Å². The van der Waals surface area contributed by atoms with Crippen molar-refractivity contribution in [3.8, 4) is 0 Å². The first-order chi connectivity index (χ1) is 13.2. The minimum Gasteiger partial charge on any atom is -0.352 e. The van der Waals surface area contributed by atoms with E-state index in [1.54, 1.807) is 24.3 Å². The van der Waals surface area contributed by atoms with E-state index in [1.807, 2.05) is 30.3 Å². The number of nitrogens with one attached hydrogen (secondary N) is 2. The Hall–Kier alpha value is -2.62. The van der Waals surface area contributed by atoms with E-state index in [2.05, 4.69) is 10.6 Å². The van der Waals surface area contributed by atoms with E-state index in [0.717, 1.165) is 19.3 Å². The summed E-state index contributed by atoms with van der Waals surface area (Å²) in [6, 6.07) is 17.3. The normalized spacial score (nSPS) is 15.0. The van der Waals surface area contributed by atoms with Gasteiger partial charge in [-0.1, -0.05) is 56.0 Å². The van der Waals surface area contributed by atoms with Crippen LogP contribution in [0.4, 0.5) is 0 Å². The zero-order valence-electron chi connectivity index (χ0n) is 15.7. The number of carbonyl (C=O) groups excluding carboxylic acids is 2. The second-order valence-corrected chi connectivity index (χ2v) is 7.23. The van der Waals surface area contributed by atoms with E-state index in [9.17, 15) is 9.59 Å². The summed E-state index contributed by atoms with van der Waals surface area (Å²) in [5, 5.41) is 6.07. The Labute approximate surface area is 161 Å². The SMILES string of the molecule is O=C(NCCc1ccccc1)c1ccc(C(=O)NC2CCCCCC2)cc1. The van der Waals surface area contributed by atoms with Gasteiger partial charge in [0.15, 0.2) is 0 Å². The molecule has 2 N–H and O–H groups in total. The maximum absolute atomic E-state index is 12.4. The molecule has 0 heterocycles. The van der Waals surface area contributed by atoms with E-state index >= 15 is 0 Å². The highest BCUT2D eigenvalue weighted by molar-refractivity contribution is 5.97. The van der Waals surface area contributed by atoms with Crippen LogP contribution in [-0.4, -0.2) is 24.4 Å². The number of hydrogen-bond acceptors (Lipinski definition) is 2. The van der Waals surface area contributed by atoms with Crippen LogP contribution in [0.2, 0.25) is 0 Å². The molecular formula is C23H28N2O2. The van der Waals surface area contributed by atoms with Crippen molar-refractivity contribution in [2.24, 2.45) is 0 Å². The lowest BCUT2D eigenvalue weighted by atomic mass is 10.1. The summed E-state index contributed by atoms with van der Waals surface area (Å²) in [6.07, 6.45) is 7.83. The lowest BCUT2D eigenvalue weighted by Crippen LogP contribution is -2.34. The van der Waals surface area contributed by atoms with Gasteiger partial charge in [-0.3, -0.25) is 9.59 Å². The Morgan fingerprint density at radius 1 is 0.778 bits per heavy atom. The third kappa shape index (κ3) is 5.95. The summed E-state index contributed by atoms with van der Waals surface area (Å²) >= 11 is 0. The first kappa shape index (κ1) is 19.2. The van der Waals surface area contributed by atoms with Crippen LogP contribution in [-0.2, 0) is 6.42 Å². The van der Waals surface area contributed by atoms with Crippen LogP contribution < -0.4 is 10.6 Å². The van der Waals surface area contributed by atoms with Gasteiger partial charge in [0.2, 0.25) is 0 Å². The van der Waals surface area contributed by atoms with Crippen LogP contribution in [0, 0.1) is 0 Å². The molecule has 0 spiro atoms. The topological polar surface area (TPSA) is 58.2 Å². The molecule has 0 saturated heterocycles. The van der Waals surface area contributed by atoms with Gasteiger partial charge in [0.1, 0.15) is 0 Å². The van der Waals surface area contributed by atoms with E-state index in [-0.39, 0.29) is 17.9 Å². The molecule has 1 fully saturated rings. The molecule has 4 heteroatoms. The van der Waals surface area contributed by atoms with Gasteiger partial charge in [-0.15, -0.1) is 0 Å². The fraction of sp³-hybridized carbons (Fsp3) is 0.391. The molecule has 142 valence electrons. The van der Waals surface area contributed by atoms with Crippen LogP contribution in [0.5, 0.6) is 0 Å². The van der Waals surface area contributed by atoms with Crippen molar-refractivity contribution in [2.45, 2.75) is 51.0 Å². The lowest BCUT2D eigenvalue weighted by Gasteiger charge is -2.16. The van der Waals surface area contributed by atoms with Crippen molar-refractivity contribution < 1.29 is 9.59 Å². The van der Waals surface area contributed by atoms with Gasteiger partial charge >= 0.3 is 0 Å². The molecule has 4 nitrogen and oxygen atoms in total. The Balaban J connectivity index is 1.48. The van der Waals surface area contributed by atoms with Crippen molar-refractivity contribution in [1.29, 1.82) is 0 Å². The molecule has 0 bridgehead atoms. The van der Waals surface area contributed by atoms with Gasteiger partial charge in [-0.05, 0) is 49.1 Å². The van der Waals surface area contributed by atoms with Crippen LogP contribution in [0.25, 0.3) is 0 Å². The molecule has 3 rings (SSSR count). The Kier molecular flexibility index (Phi) is 7.03. The van der Waals surface area contributed by atoms with Crippen molar-refractivity contribution >= 4 is 11.8 Å². The summed E-state index contributed by atoms with van der Waals surface area (Å²) in [6.45, 7) is 0.590. The first-order valence-electron chi connectivity index (χ1n) is 9.95. The van der Waals surface area contributed by atoms with Gasteiger partial charge in [0, 0.05) is 23.7 Å². The smallest absolute Gasteiger partial charge is 0.251 e. The molecule has 2 aromatic rings. The fourth-order valence-electron chi connectivity index (χ4n) is 3.53. The lowest BCUT2D eigenvalue weighted by molar-refractivity contribution is 0.0928. The summed E-state index contributed by atoms with van der Waals surface area (Å²) in [5.41, 5.74) is 2.39. The quantitative estimate of drug-likeness (QED) is 0.758. The molecule has 0 aromatic heterocycles. The molecule has 1 aliphatic rings. The fourth-order valence-corrected chi connectivity index (χ4v) is 3.53. The predicted molar refractivity (Wildman–Crippen MR) is 108 cm³/mol. The Morgan fingerprint density at radius 2 is 1.37 bits per heavy atom. The molecule has 2 amide bonds. The van der Waals surface area contributed by atoms with Gasteiger partial charge < -0.3 is 10.6 Å². The average Bonchev–Trinajstić information content (AvgIpc) is 2.97. The summed E-state index contributed by atoms with van der Waals surface area (Å²) in [7, 11) is 0. The van der Waals surface area contributed by atoms with Crippen molar-refractivity contribution in [3.63, 3.8) is 0 Å². The highest BCUT2D eigenvalue weighted by atomic mass is 16.2. The molecule has 0 aliphatic heterocycles. The molecular weight excluding hydrogens is 336 g/mol. The number of hydrogen-bond donors (Lipinski definition) is 2. The van der Waals surface area contributed by atoms with Crippen molar-refractivity contribution in [3.05, 3.63) is 71.3 Å². The summed E-state index contributed by atoms with van der Waals surface area (Å²) in [5.74, 6) is -0.153. The molecule has 1 aliphatic carbocycles. The van der Waals surface area contributed by atoms with Crippen molar-refractivity contribution in [1.82, 2.24) is 10.6 Å². The van der Waals surface area contributed by atoms with Gasteiger partial charge in [-0.2, -0.15) is 0 Å². The number of benzene rings is 2. The molecule has 0 radical (unpaired) electrons. The van der Waals surface area contributed by atoms with Gasteiger partial charge in [0.05, 0.1) is 0 Å². The maximum Gasteiger partial charge on any atom is 0.251 e. The number of amides is 2. The van der Waals surface area contributed by atoms with E-state index in [4.69, 9.17) is 0 Å². The van der Waals surface area contributed by atoms with Gasteiger partial charge in [0.25, 0.3) is 11.8 Å². The predicted octanol–water partition coefficient (Wildman–Crippen LogP) is 4.11. The average molecular weight is 364 g/mol. The molecule has 0 atom stereocenters. The zero-order valence-corrected chi connectivity index (χ0v) is 15.7. The van der Waals surface area contributed by atoms with Crippen LogP contribution in [0.3, 0.4) is 0 Å².